The zero-order valence-electron chi connectivity index (χ0n) is 7.23. The maximum absolute atomic E-state index is 5.55. The molecule has 2 N–H and O–H groups in total. The van der Waals surface area contributed by atoms with Crippen LogP contribution in [0.4, 0.5) is 0 Å². The van der Waals surface area contributed by atoms with Gasteiger partial charge in [-0.3, -0.25) is 0 Å². The molecule has 12 heavy (non-hydrogen) atoms. The van der Waals surface area contributed by atoms with Gasteiger partial charge in [0, 0.05) is 11.0 Å². The van der Waals surface area contributed by atoms with Gasteiger partial charge in [-0.15, -0.1) is 12.4 Å². The third kappa shape index (κ3) is 2.47. The van der Waals surface area contributed by atoms with E-state index in [1.165, 1.54) is 16.7 Å². The summed E-state index contributed by atoms with van der Waals surface area (Å²) in [5.74, 6) is 0. The first kappa shape index (κ1) is 11.9. The highest BCUT2D eigenvalue weighted by molar-refractivity contribution is 9.10. The van der Waals surface area contributed by atoms with E-state index in [1.807, 2.05) is 0 Å². The van der Waals surface area contributed by atoms with Gasteiger partial charge < -0.3 is 5.73 Å². The molecular formula is C9H13BrClN. The van der Waals surface area contributed by atoms with Crippen LogP contribution in [0.2, 0.25) is 0 Å². The molecule has 1 aromatic rings. The van der Waals surface area contributed by atoms with E-state index in [0.717, 1.165) is 4.47 Å². The summed E-state index contributed by atoms with van der Waals surface area (Å²) in [6.45, 7) is 4.77. The van der Waals surface area contributed by atoms with E-state index in [9.17, 15) is 0 Å². The van der Waals surface area contributed by atoms with Gasteiger partial charge >= 0.3 is 0 Å². The van der Waals surface area contributed by atoms with E-state index in [4.69, 9.17) is 5.73 Å². The van der Waals surface area contributed by atoms with Crippen molar-refractivity contribution in [2.24, 2.45) is 5.73 Å². The molecule has 0 spiro atoms. The standard InChI is InChI=1S/C9H12BrN.ClH/c1-6-4-9(10)7(2)3-8(6)5-11;/h3-4H,5,11H2,1-2H3;1H. The second-order valence-corrected chi connectivity index (χ2v) is 3.59. The molecule has 0 fully saturated rings. The van der Waals surface area contributed by atoms with Crippen molar-refractivity contribution in [1.82, 2.24) is 0 Å². The first-order chi connectivity index (χ1) is 5.15. The van der Waals surface area contributed by atoms with Crippen LogP contribution < -0.4 is 5.73 Å². The Kier molecular flexibility index (Phi) is 4.83. The zero-order chi connectivity index (χ0) is 8.43. The quantitative estimate of drug-likeness (QED) is 0.815. The van der Waals surface area contributed by atoms with Gasteiger partial charge in [0.25, 0.3) is 0 Å². The number of aryl methyl sites for hydroxylation is 2. The average molecular weight is 251 g/mol. The third-order valence-electron chi connectivity index (χ3n) is 1.84. The van der Waals surface area contributed by atoms with Crippen molar-refractivity contribution in [3.8, 4) is 0 Å². The third-order valence-corrected chi connectivity index (χ3v) is 2.69. The first-order valence-corrected chi connectivity index (χ1v) is 4.40. The fourth-order valence-corrected chi connectivity index (χ4v) is 1.52. The highest BCUT2D eigenvalue weighted by Crippen LogP contribution is 2.20. The largest absolute Gasteiger partial charge is 0.326 e. The van der Waals surface area contributed by atoms with E-state index in [-0.39, 0.29) is 12.4 Å². The Hall–Kier alpha value is -0.0500. The SMILES string of the molecule is Cc1cc(CN)c(C)cc1Br.Cl. The Labute approximate surface area is 87.9 Å². The van der Waals surface area contributed by atoms with Crippen LogP contribution >= 0.6 is 28.3 Å². The predicted molar refractivity (Wildman–Crippen MR) is 58.8 cm³/mol. The van der Waals surface area contributed by atoms with E-state index >= 15 is 0 Å². The van der Waals surface area contributed by atoms with Crippen molar-refractivity contribution in [2.45, 2.75) is 20.4 Å². The summed E-state index contributed by atoms with van der Waals surface area (Å²) in [5.41, 5.74) is 9.28. The second-order valence-electron chi connectivity index (χ2n) is 2.73. The molecule has 68 valence electrons. The lowest BCUT2D eigenvalue weighted by molar-refractivity contribution is 1.04. The van der Waals surface area contributed by atoms with Gasteiger partial charge in [-0.1, -0.05) is 22.0 Å². The topological polar surface area (TPSA) is 26.0 Å². The van der Waals surface area contributed by atoms with Crippen molar-refractivity contribution < 1.29 is 0 Å². The summed E-state index contributed by atoms with van der Waals surface area (Å²) < 4.78 is 1.16. The van der Waals surface area contributed by atoms with Crippen LogP contribution in [0.25, 0.3) is 0 Å². The number of hydrogen-bond donors (Lipinski definition) is 1. The van der Waals surface area contributed by atoms with Gasteiger partial charge in [0.2, 0.25) is 0 Å². The summed E-state index contributed by atoms with van der Waals surface area (Å²) >= 11 is 3.47. The van der Waals surface area contributed by atoms with Crippen LogP contribution in [-0.2, 0) is 6.54 Å². The van der Waals surface area contributed by atoms with Gasteiger partial charge in [-0.2, -0.15) is 0 Å². The average Bonchev–Trinajstić information content (AvgIpc) is 1.97. The van der Waals surface area contributed by atoms with Gasteiger partial charge in [0.15, 0.2) is 0 Å². The van der Waals surface area contributed by atoms with Crippen molar-refractivity contribution in [3.05, 3.63) is 33.3 Å². The van der Waals surface area contributed by atoms with Crippen molar-refractivity contribution in [3.63, 3.8) is 0 Å². The van der Waals surface area contributed by atoms with E-state index in [0.29, 0.717) is 6.54 Å². The molecule has 3 heteroatoms. The maximum atomic E-state index is 5.55. The number of benzene rings is 1. The fourth-order valence-electron chi connectivity index (χ4n) is 1.06. The van der Waals surface area contributed by atoms with Gasteiger partial charge in [-0.25, -0.2) is 0 Å². The molecule has 0 aliphatic carbocycles. The molecule has 0 heterocycles. The molecule has 0 unspecified atom stereocenters. The molecule has 0 radical (unpaired) electrons. The van der Waals surface area contributed by atoms with Crippen LogP contribution in [0.3, 0.4) is 0 Å². The highest BCUT2D eigenvalue weighted by Gasteiger charge is 1.99. The Morgan fingerprint density at radius 1 is 1.25 bits per heavy atom. The summed E-state index contributed by atoms with van der Waals surface area (Å²) in [5, 5.41) is 0. The number of rotatable bonds is 1. The molecule has 1 rings (SSSR count). The second kappa shape index (κ2) is 4.85. The summed E-state index contributed by atoms with van der Waals surface area (Å²) in [6, 6.07) is 4.23. The van der Waals surface area contributed by atoms with Crippen molar-refractivity contribution >= 4 is 28.3 Å². The molecule has 0 bridgehead atoms. The van der Waals surface area contributed by atoms with Crippen molar-refractivity contribution in [1.29, 1.82) is 0 Å². The maximum Gasteiger partial charge on any atom is 0.0207 e. The smallest absolute Gasteiger partial charge is 0.0207 e. The van der Waals surface area contributed by atoms with E-state index in [2.05, 4.69) is 41.9 Å². The normalized spacial score (nSPS) is 9.33. The van der Waals surface area contributed by atoms with Crippen LogP contribution in [0.5, 0.6) is 0 Å². The lowest BCUT2D eigenvalue weighted by Crippen LogP contribution is -1.99. The lowest BCUT2D eigenvalue weighted by atomic mass is 10.1. The minimum Gasteiger partial charge on any atom is -0.326 e. The Morgan fingerprint density at radius 3 is 2.33 bits per heavy atom. The van der Waals surface area contributed by atoms with Gasteiger partial charge in [0.05, 0.1) is 0 Å². The van der Waals surface area contributed by atoms with Crippen LogP contribution in [0.1, 0.15) is 16.7 Å². The number of halogens is 2. The number of nitrogens with two attached hydrogens (primary N) is 1. The van der Waals surface area contributed by atoms with Crippen molar-refractivity contribution in [2.75, 3.05) is 0 Å². The summed E-state index contributed by atoms with van der Waals surface area (Å²) in [6.07, 6.45) is 0. The highest BCUT2D eigenvalue weighted by atomic mass is 79.9. The molecule has 0 saturated carbocycles. The number of hydrogen-bond acceptors (Lipinski definition) is 1. The predicted octanol–water partition coefficient (Wildman–Crippen LogP) is 2.95. The van der Waals surface area contributed by atoms with Crippen LogP contribution in [0.15, 0.2) is 16.6 Å². The molecule has 0 aliphatic rings. The molecular weight excluding hydrogens is 237 g/mol. The molecule has 0 aromatic heterocycles. The molecule has 0 saturated heterocycles. The Morgan fingerprint density at radius 2 is 1.83 bits per heavy atom. The minimum atomic E-state index is 0. The van der Waals surface area contributed by atoms with Crippen LogP contribution in [-0.4, -0.2) is 0 Å². The summed E-state index contributed by atoms with van der Waals surface area (Å²) in [4.78, 5) is 0. The van der Waals surface area contributed by atoms with Gasteiger partial charge in [0.1, 0.15) is 0 Å². The fraction of sp³-hybridized carbons (Fsp3) is 0.333. The molecule has 0 atom stereocenters. The summed E-state index contributed by atoms with van der Waals surface area (Å²) in [7, 11) is 0. The minimum absolute atomic E-state index is 0. The monoisotopic (exact) mass is 249 g/mol. The molecule has 0 amide bonds. The molecule has 1 nitrogen and oxygen atoms in total. The molecule has 0 aliphatic heterocycles. The Balaban J connectivity index is 0.00000121. The molecule has 1 aromatic carbocycles. The van der Waals surface area contributed by atoms with E-state index in [1.54, 1.807) is 0 Å². The lowest BCUT2D eigenvalue weighted by Gasteiger charge is -2.05. The van der Waals surface area contributed by atoms with Gasteiger partial charge in [-0.05, 0) is 36.6 Å². The van der Waals surface area contributed by atoms with Crippen LogP contribution in [0, 0.1) is 13.8 Å². The first-order valence-electron chi connectivity index (χ1n) is 3.61. The zero-order valence-corrected chi connectivity index (χ0v) is 9.63. The Bertz CT molecular complexity index is 273. The van der Waals surface area contributed by atoms with E-state index < -0.39 is 0 Å².